The van der Waals surface area contributed by atoms with Crippen LogP contribution in [0.2, 0.25) is 0 Å². The summed E-state index contributed by atoms with van der Waals surface area (Å²) in [5.41, 5.74) is 0.477. The van der Waals surface area contributed by atoms with E-state index in [0.29, 0.717) is 11.5 Å². The van der Waals surface area contributed by atoms with Crippen LogP contribution in [0.15, 0.2) is 0 Å². The van der Waals surface area contributed by atoms with Crippen LogP contribution in [0.25, 0.3) is 0 Å². The van der Waals surface area contributed by atoms with Crippen LogP contribution < -0.4 is 5.32 Å². The molecular weight excluding hydrogens is 220 g/mol. The smallest absolute Gasteiger partial charge is 0.0159 e. The van der Waals surface area contributed by atoms with Crippen LogP contribution in [0.3, 0.4) is 0 Å². The second kappa shape index (κ2) is 7.49. The Morgan fingerprint density at radius 1 is 1.11 bits per heavy atom. The Morgan fingerprint density at radius 2 is 1.72 bits per heavy atom. The highest BCUT2D eigenvalue weighted by molar-refractivity contribution is 4.96. The van der Waals surface area contributed by atoms with Crippen molar-refractivity contribution in [2.75, 3.05) is 26.2 Å². The molecule has 18 heavy (non-hydrogen) atoms. The van der Waals surface area contributed by atoms with Crippen LogP contribution >= 0.6 is 0 Å². The van der Waals surface area contributed by atoms with Gasteiger partial charge in [0.25, 0.3) is 0 Å². The number of nitrogens with zero attached hydrogens (tertiary/aromatic N) is 1. The Bertz CT molecular complexity index is 219. The van der Waals surface area contributed by atoms with E-state index in [4.69, 9.17) is 0 Å². The van der Waals surface area contributed by atoms with Crippen molar-refractivity contribution in [2.24, 2.45) is 11.3 Å². The number of rotatable bonds is 8. The van der Waals surface area contributed by atoms with Gasteiger partial charge in [0.05, 0.1) is 0 Å². The normalized spacial score (nSPS) is 27.0. The zero-order chi connectivity index (χ0) is 13.6. The zero-order valence-corrected chi connectivity index (χ0v) is 13.3. The van der Waals surface area contributed by atoms with E-state index >= 15 is 0 Å². The van der Waals surface area contributed by atoms with Crippen LogP contribution in [0, 0.1) is 11.3 Å². The lowest BCUT2D eigenvalue weighted by Gasteiger charge is -2.34. The summed E-state index contributed by atoms with van der Waals surface area (Å²) < 4.78 is 0. The van der Waals surface area contributed by atoms with Crippen molar-refractivity contribution in [1.82, 2.24) is 10.2 Å². The van der Waals surface area contributed by atoms with Crippen molar-refractivity contribution < 1.29 is 0 Å². The Hall–Kier alpha value is -0.0800. The number of hydrogen-bond donors (Lipinski definition) is 1. The fraction of sp³-hybridized carbons (Fsp3) is 1.00. The predicted octanol–water partition coefficient (Wildman–Crippen LogP) is 3.52. The minimum Gasteiger partial charge on any atom is -0.313 e. The van der Waals surface area contributed by atoms with Gasteiger partial charge >= 0.3 is 0 Å². The van der Waals surface area contributed by atoms with Gasteiger partial charge in [-0.3, -0.25) is 0 Å². The fourth-order valence-electron chi connectivity index (χ4n) is 3.64. The minimum atomic E-state index is 0.477. The van der Waals surface area contributed by atoms with E-state index in [-0.39, 0.29) is 0 Å². The molecule has 0 spiro atoms. The third kappa shape index (κ3) is 4.24. The largest absolute Gasteiger partial charge is 0.313 e. The van der Waals surface area contributed by atoms with Crippen molar-refractivity contribution in [3.05, 3.63) is 0 Å². The molecule has 0 aromatic rings. The average molecular weight is 254 g/mol. The monoisotopic (exact) mass is 254 g/mol. The first-order valence-corrected chi connectivity index (χ1v) is 8.00. The van der Waals surface area contributed by atoms with Gasteiger partial charge in [-0.2, -0.15) is 0 Å². The molecule has 2 heteroatoms. The molecule has 1 aliphatic carbocycles. The Kier molecular flexibility index (Phi) is 6.65. The van der Waals surface area contributed by atoms with E-state index in [2.05, 4.69) is 44.8 Å². The van der Waals surface area contributed by atoms with E-state index in [1.807, 2.05) is 0 Å². The molecule has 0 heterocycles. The van der Waals surface area contributed by atoms with Crippen molar-refractivity contribution in [3.8, 4) is 0 Å². The Balaban J connectivity index is 2.58. The lowest BCUT2D eigenvalue weighted by molar-refractivity contribution is 0.184. The van der Waals surface area contributed by atoms with Crippen LogP contribution in [-0.4, -0.2) is 37.1 Å². The maximum atomic E-state index is 3.75. The summed E-state index contributed by atoms with van der Waals surface area (Å²) in [7, 11) is 0. The molecule has 0 bridgehead atoms. The van der Waals surface area contributed by atoms with Gasteiger partial charge in [0.15, 0.2) is 0 Å². The second-order valence-electron chi connectivity index (χ2n) is 6.62. The van der Waals surface area contributed by atoms with Crippen molar-refractivity contribution in [3.63, 3.8) is 0 Å². The van der Waals surface area contributed by atoms with E-state index in [0.717, 1.165) is 12.5 Å². The highest BCUT2D eigenvalue weighted by atomic mass is 15.1. The Labute approximate surface area is 115 Å². The highest BCUT2D eigenvalue weighted by Crippen LogP contribution is 2.41. The average Bonchev–Trinajstić information content (AvgIpc) is 2.58. The lowest BCUT2D eigenvalue weighted by Crippen LogP contribution is -2.45. The minimum absolute atomic E-state index is 0.477. The van der Waals surface area contributed by atoms with Crippen LogP contribution in [-0.2, 0) is 0 Å². The first-order chi connectivity index (χ1) is 8.55. The van der Waals surface area contributed by atoms with Crippen LogP contribution in [0.4, 0.5) is 0 Å². The van der Waals surface area contributed by atoms with Gasteiger partial charge in [0.2, 0.25) is 0 Å². The van der Waals surface area contributed by atoms with Crippen molar-refractivity contribution in [2.45, 2.75) is 66.3 Å². The van der Waals surface area contributed by atoms with Crippen molar-refractivity contribution in [1.29, 1.82) is 0 Å². The summed E-state index contributed by atoms with van der Waals surface area (Å²) in [6, 6.07) is 0.707. The quantitative estimate of drug-likeness (QED) is 0.713. The molecule has 1 aliphatic rings. The maximum Gasteiger partial charge on any atom is 0.0159 e. The molecule has 1 fully saturated rings. The van der Waals surface area contributed by atoms with Gasteiger partial charge in [-0.1, -0.05) is 34.6 Å². The first-order valence-electron chi connectivity index (χ1n) is 8.00. The summed E-state index contributed by atoms with van der Waals surface area (Å²) in [6.07, 6.45) is 5.33. The molecule has 2 nitrogen and oxygen atoms in total. The van der Waals surface area contributed by atoms with Gasteiger partial charge in [0.1, 0.15) is 0 Å². The fourth-order valence-corrected chi connectivity index (χ4v) is 3.64. The maximum absolute atomic E-state index is 3.75. The van der Waals surface area contributed by atoms with Gasteiger partial charge in [0, 0.05) is 12.6 Å². The molecular formula is C16H34N2. The third-order valence-corrected chi connectivity index (χ3v) is 4.47. The predicted molar refractivity (Wildman–Crippen MR) is 81.0 cm³/mol. The lowest BCUT2D eigenvalue weighted by atomic mass is 9.84. The highest BCUT2D eigenvalue weighted by Gasteiger charge is 2.41. The molecule has 0 aromatic carbocycles. The molecule has 2 unspecified atom stereocenters. The molecule has 1 N–H and O–H groups in total. The van der Waals surface area contributed by atoms with E-state index in [9.17, 15) is 0 Å². The standard InChI is InChI=1S/C16H34N2/c1-6-11-18(12-7-2)13-14-9-10-16(4,5)15(14)17-8-3/h14-15,17H,6-13H2,1-5H3. The summed E-state index contributed by atoms with van der Waals surface area (Å²) in [4.78, 5) is 2.68. The molecule has 1 rings (SSSR count). The summed E-state index contributed by atoms with van der Waals surface area (Å²) in [5.74, 6) is 0.845. The SMILES string of the molecule is CCCN(CCC)CC1CCC(C)(C)C1NCC. The molecule has 108 valence electrons. The topological polar surface area (TPSA) is 15.3 Å². The first kappa shape index (κ1) is 16.0. The number of hydrogen-bond acceptors (Lipinski definition) is 2. The number of nitrogens with one attached hydrogen (secondary N) is 1. The Morgan fingerprint density at radius 3 is 2.22 bits per heavy atom. The summed E-state index contributed by atoms with van der Waals surface area (Å²) in [5, 5.41) is 3.75. The van der Waals surface area contributed by atoms with Crippen LogP contribution in [0.5, 0.6) is 0 Å². The molecule has 0 aromatic heterocycles. The molecule has 0 amide bonds. The van der Waals surface area contributed by atoms with Gasteiger partial charge in [-0.15, -0.1) is 0 Å². The summed E-state index contributed by atoms with van der Waals surface area (Å²) in [6.45, 7) is 16.6. The molecule has 1 saturated carbocycles. The molecule has 0 saturated heterocycles. The molecule has 2 atom stereocenters. The van der Waals surface area contributed by atoms with Crippen molar-refractivity contribution >= 4 is 0 Å². The van der Waals surface area contributed by atoms with Gasteiger partial charge in [-0.05, 0) is 56.7 Å². The van der Waals surface area contributed by atoms with Crippen LogP contribution in [0.1, 0.15) is 60.3 Å². The van der Waals surface area contributed by atoms with E-state index in [1.165, 1.54) is 45.3 Å². The van der Waals surface area contributed by atoms with Gasteiger partial charge in [-0.25, -0.2) is 0 Å². The molecule has 0 aliphatic heterocycles. The van der Waals surface area contributed by atoms with Gasteiger partial charge < -0.3 is 10.2 Å². The molecule has 0 radical (unpaired) electrons. The second-order valence-corrected chi connectivity index (χ2v) is 6.62. The van der Waals surface area contributed by atoms with E-state index < -0.39 is 0 Å². The third-order valence-electron chi connectivity index (χ3n) is 4.47. The summed E-state index contributed by atoms with van der Waals surface area (Å²) >= 11 is 0. The zero-order valence-electron chi connectivity index (χ0n) is 13.3. The van der Waals surface area contributed by atoms with E-state index in [1.54, 1.807) is 0 Å².